The topological polar surface area (TPSA) is 84.2 Å². The average molecular weight is 267 g/mol. The standard InChI is InChI=1S/C12H17N3O2S/c1-10(2)14-18(16,17)15-12-7-5-11(6-8-12)4-3-9-13/h5-8,10,14-15H,9,13H2,1-2H3. The molecule has 0 spiro atoms. The van der Waals surface area contributed by atoms with E-state index in [4.69, 9.17) is 5.73 Å². The summed E-state index contributed by atoms with van der Waals surface area (Å²) in [4.78, 5) is 0. The summed E-state index contributed by atoms with van der Waals surface area (Å²) < 4.78 is 28.1. The number of hydrogen-bond acceptors (Lipinski definition) is 3. The summed E-state index contributed by atoms with van der Waals surface area (Å²) in [5.41, 5.74) is 6.54. The molecule has 0 saturated heterocycles. The van der Waals surface area contributed by atoms with Gasteiger partial charge >= 0.3 is 0 Å². The van der Waals surface area contributed by atoms with E-state index in [1.807, 2.05) is 0 Å². The van der Waals surface area contributed by atoms with Gasteiger partial charge in [-0.3, -0.25) is 4.72 Å². The van der Waals surface area contributed by atoms with Crippen LogP contribution in [0.15, 0.2) is 24.3 Å². The van der Waals surface area contributed by atoms with Crippen molar-refractivity contribution in [2.45, 2.75) is 19.9 Å². The number of rotatable bonds is 4. The van der Waals surface area contributed by atoms with Gasteiger partial charge in [-0.15, -0.1) is 0 Å². The van der Waals surface area contributed by atoms with E-state index in [9.17, 15) is 8.42 Å². The summed E-state index contributed by atoms with van der Waals surface area (Å²) in [6, 6.07) is 6.61. The Balaban J connectivity index is 2.75. The molecule has 1 aromatic carbocycles. The highest BCUT2D eigenvalue weighted by atomic mass is 32.2. The lowest BCUT2D eigenvalue weighted by Crippen LogP contribution is -2.35. The predicted octanol–water partition coefficient (Wildman–Crippen LogP) is 0.651. The molecule has 18 heavy (non-hydrogen) atoms. The summed E-state index contributed by atoms with van der Waals surface area (Å²) in [5.74, 6) is 5.58. The number of hydrogen-bond donors (Lipinski definition) is 3. The number of anilines is 1. The van der Waals surface area contributed by atoms with Gasteiger partial charge in [0.15, 0.2) is 0 Å². The van der Waals surface area contributed by atoms with Crippen LogP contribution in [0, 0.1) is 11.8 Å². The van der Waals surface area contributed by atoms with Gasteiger partial charge in [-0.2, -0.15) is 13.1 Å². The fourth-order valence-electron chi connectivity index (χ4n) is 1.27. The minimum atomic E-state index is -3.52. The number of nitrogens with one attached hydrogen (secondary N) is 2. The fourth-order valence-corrected chi connectivity index (χ4v) is 2.40. The SMILES string of the molecule is CC(C)NS(=O)(=O)Nc1ccc(C#CCN)cc1. The second-order valence-corrected chi connectivity index (χ2v) is 5.41. The molecule has 0 aliphatic rings. The Morgan fingerprint density at radius 1 is 1.28 bits per heavy atom. The molecule has 5 nitrogen and oxygen atoms in total. The Morgan fingerprint density at radius 2 is 1.89 bits per heavy atom. The van der Waals surface area contributed by atoms with E-state index in [0.717, 1.165) is 5.56 Å². The lowest BCUT2D eigenvalue weighted by Gasteiger charge is -2.11. The van der Waals surface area contributed by atoms with Crippen molar-refractivity contribution in [2.24, 2.45) is 5.73 Å². The van der Waals surface area contributed by atoms with Crippen LogP contribution in [0.25, 0.3) is 0 Å². The predicted molar refractivity (Wildman–Crippen MR) is 73.2 cm³/mol. The van der Waals surface area contributed by atoms with Gasteiger partial charge in [-0.05, 0) is 38.1 Å². The third kappa shape index (κ3) is 5.19. The molecule has 1 aromatic rings. The normalized spacial score (nSPS) is 10.9. The van der Waals surface area contributed by atoms with Gasteiger partial charge in [0.05, 0.1) is 6.54 Å². The van der Waals surface area contributed by atoms with Gasteiger partial charge in [0, 0.05) is 17.3 Å². The van der Waals surface area contributed by atoms with Crippen molar-refractivity contribution in [1.82, 2.24) is 4.72 Å². The quantitative estimate of drug-likeness (QED) is 0.700. The van der Waals surface area contributed by atoms with E-state index in [-0.39, 0.29) is 6.04 Å². The first-order valence-electron chi connectivity index (χ1n) is 5.52. The van der Waals surface area contributed by atoms with Crippen LogP contribution in [0.1, 0.15) is 19.4 Å². The molecule has 0 aliphatic carbocycles. The largest absolute Gasteiger partial charge is 0.320 e. The van der Waals surface area contributed by atoms with E-state index in [2.05, 4.69) is 21.3 Å². The molecule has 4 N–H and O–H groups in total. The Kier molecular flexibility index (Phi) is 5.16. The van der Waals surface area contributed by atoms with Crippen molar-refractivity contribution >= 4 is 15.9 Å². The van der Waals surface area contributed by atoms with E-state index in [1.54, 1.807) is 38.1 Å². The Labute approximate surface area is 108 Å². The van der Waals surface area contributed by atoms with E-state index in [1.165, 1.54) is 0 Å². The molecule has 1 rings (SSSR count). The first-order valence-corrected chi connectivity index (χ1v) is 7.00. The van der Waals surface area contributed by atoms with Crippen molar-refractivity contribution < 1.29 is 8.42 Å². The van der Waals surface area contributed by atoms with E-state index in [0.29, 0.717) is 12.2 Å². The van der Waals surface area contributed by atoms with Crippen LogP contribution in [0.2, 0.25) is 0 Å². The third-order valence-electron chi connectivity index (χ3n) is 1.86. The number of benzene rings is 1. The van der Waals surface area contributed by atoms with Crippen LogP contribution in [0.3, 0.4) is 0 Å². The second kappa shape index (κ2) is 6.40. The van der Waals surface area contributed by atoms with Crippen LogP contribution < -0.4 is 15.2 Å². The summed E-state index contributed by atoms with van der Waals surface area (Å²) in [6.07, 6.45) is 0. The summed E-state index contributed by atoms with van der Waals surface area (Å²) in [7, 11) is -3.52. The minimum absolute atomic E-state index is 0.155. The van der Waals surface area contributed by atoms with Crippen LogP contribution in [-0.4, -0.2) is 21.0 Å². The maximum absolute atomic E-state index is 11.6. The molecule has 0 heterocycles. The zero-order chi connectivity index (χ0) is 13.6. The molecular formula is C12H17N3O2S. The van der Waals surface area contributed by atoms with E-state index < -0.39 is 10.2 Å². The molecule has 0 amide bonds. The molecule has 0 saturated carbocycles. The molecular weight excluding hydrogens is 250 g/mol. The molecule has 0 aliphatic heterocycles. The van der Waals surface area contributed by atoms with Crippen molar-refractivity contribution in [3.63, 3.8) is 0 Å². The lowest BCUT2D eigenvalue weighted by molar-refractivity contribution is 0.575. The Morgan fingerprint density at radius 3 is 2.39 bits per heavy atom. The molecule has 98 valence electrons. The molecule has 0 aromatic heterocycles. The highest BCUT2D eigenvalue weighted by molar-refractivity contribution is 7.90. The maximum Gasteiger partial charge on any atom is 0.299 e. The molecule has 6 heteroatoms. The first-order chi connectivity index (χ1) is 8.43. The van der Waals surface area contributed by atoms with Crippen molar-refractivity contribution in [1.29, 1.82) is 0 Å². The van der Waals surface area contributed by atoms with Crippen LogP contribution in [-0.2, 0) is 10.2 Å². The molecule has 0 unspecified atom stereocenters. The number of nitrogens with two attached hydrogens (primary N) is 1. The zero-order valence-electron chi connectivity index (χ0n) is 10.4. The lowest BCUT2D eigenvalue weighted by atomic mass is 10.2. The summed E-state index contributed by atoms with van der Waals surface area (Å²) >= 11 is 0. The fraction of sp³-hybridized carbons (Fsp3) is 0.333. The Hall–Kier alpha value is -1.55. The van der Waals surface area contributed by atoms with Crippen LogP contribution in [0.4, 0.5) is 5.69 Å². The van der Waals surface area contributed by atoms with Gasteiger partial charge in [0.2, 0.25) is 0 Å². The van der Waals surface area contributed by atoms with Crippen molar-refractivity contribution in [3.05, 3.63) is 29.8 Å². The van der Waals surface area contributed by atoms with Gasteiger partial charge in [-0.25, -0.2) is 0 Å². The van der Waals surface area contributed by atoms with Gasteiger partial charge in [0.1, 0.15) is 0 Å². The maximum atomic E-state index is 11.6. The van der Waals surface area contributed by atoms with Crippen molar-refractivity contribution in [3.8, 4) is 11.8 Å². The molecule has 0 radical (unpaired) electrons. The minimum Gasteiger partial charge on any atom is -0.320 e. The second-order valence-electron chi connectivity index (χ2n) is 3.96. The summed E-state index contributed by atoms with van der Waals surface area (Å²) in [5, 5.41) is 0. The highest BCUT2D eigenvalue weighted by Crippen LogP contribution is 2.10. The highest BCUT2D eigenvalue weighted by Gasteiger charge is 2.10. The smallest absolute Gasteiger partial charge is 0.299 e. The Bertz CT molecular complexity index is 539. The molecule has 0 atom stereocenters. The molecule has 0 bridgehead atoms. The zero-order valence-corrected chi connectivity index (χ0v) is 11.2. The van der Waals surface area contributed by atoms with Gasteiger partial charge in [0.25, 0.3) is 10.2 Å². The van der Waals surface area contributed by atoms with Crippen LogP contribution >= 0.6 is 0 Å². The van der Waals surface area contributed by atoms with Crippen molar-refractivity contribution in [2.75, 3.05) is 11.3 Å². The van der Waals surface area contributed by atoms with Gasteiger partial charge in [-0.1, -0.05) is 11.8 Å². The monoisotopic (exact) mass is 267 g/mol. The first kappa shape index (κ1) is 14.5. The van der Waals surface area contributed by atoms with E-state index >= 15 is 0 Å². The van der Waals surface area contributed by atoms with Gasteiger partial charge < -0.3 is 5.73 Å². The molecule has 0 fully saturated rings. The average Bonchev–Trinajstić information content (AvgIpc) is 2.26. The van der Waals surface area contributed by atoms with Crippen LogP contribution in [0.5, 0.6) is 0 Å². The third-order valence-corrected chi connectivity index (χ3v) is 3.15. The summed E-state index contributed by atoms with van der Waals surface area (Å²) in [6.45, 7) is 3.81.